The summed E-state index contributed by atoms with van der Waals surface area (Å²) in [6.45, 7) is 5.16. The van der Waals surface area contributed by atoms with Crippen molar-refractivity contribution in [1.29, 1.82) is 0 Å². The van der Waals surface area contributed by atoms with Crippen LogP contribution in [-0.2, 0) is 9.53 Å². The van der Waals surface area contributed by atoms with E-state index >= 15 is 0 Å². The molecule has 0 aromatic heterocycles. The van der Waals surface area contributed by atoms with Crippen LogP contribution in [0, 0.1) is 0 Å². The van der Waals surface area contributed by atoms with Crippen molar-refractivity contribution in [3.05, 3.63) is 12.3 Å². The number of rotatable bonds is 4. The minimum Gasteiger partial charge on any atom is -0.466 e. The summed E-state index contributed by atoms with van der Waals surface area (Å²) >= 11 is 0. The van der Waals surface area contributed by atoms with Crippen LogP contribution in [0.1, 0.15) is 19.8 Å². The van der Waals surface area contributed by atoms with E-state index in [1.807, 2.05) is 6.20 Å². The van der Waals surface area contributed by atoms with Gasteiger partial charge in [-0.25, -0.2) is 4.79 Å². The maximum absolute atomic E-state index is 11.0. The zero-order chi connectivity index (χ0) is 11.1. The number of nitrogens with one attached hydrogen (secondary N) is 1. The lowest BCUT2D eigenvalue weighted by Crippen LogP contribution is -2.40. The molecule has 1 saturated heterocycles. The van der Waals surface area contributed by atoms with Crippen molar-refractivity contribution in [1.82, 2.24) is 10.2 Å². The normalized spacial score (nSPS) is 18.0. The van der Waals surface area contributed by atoms with Gasteiger partial charge in [0.2, 0.25) is 0 Å². The van der Waals surface area contributed by atoms with Crippen molar-refractivity contribution in [3.63, 3.8) is 0 Å². The minimum absolute atomic E-state index is 0.289. The van der Waals surface area contributed by atoms with E-state index in [0.29, 0.717) is 6.04 Å². The Labute approximate surface area is 91.3 Å². The molecule has 0 unspecified atom stereocenters. The molecular weight excluding hydrogens is 192 g/mol. The van der Waals surface area contributed by atoms with Crippen LogP contribution in [0.2, 0.25) is 0 Å². The van der Waals surface area contributed by atoms with Crippen molar-refractivity contribution in [2.75, 3.05) is 26.7 Å². The van der Waals surface area contributed by atoms with Gasteiger partial charge < -0.3 is 15.0 Å². The van der Waals surface area contributed by atoms with Crippen molar-refractivity contribution in [2.45, 2.75) is 25.8 Å². The van der Waals surface area contributed by atoms with Crippen LogP contribution in [0.5, 0.6) is 0 Å². The second kappa shape index (κ2) is 6.45. The average molecular weight is 212 g/mol. The van der Waals surface area contributed by atoms with E-state index in [4.69, 9.17) is 0 Å². The van der Waals surface area contributed by atoms with Gasteiger partial charge in [0.1, 0.15) is 0 Å². The quantitative estimate of drug-likeness (QED) is 0.551. The first kappa shape index (κ1) is 12.0. The van der Waals surface area contributed by atoms with Crippen molar-refractivity contribution in [2.24, 2.45) is 0 Å². The molecule has 1 rings (SSSR count). The Morgan fingerprint density at radius 1 is 1.53 bits per heavy atom. The highest BCUT2D eigenvalue weighted by Crippen LogP contribution is 2.11. The Bertz CT molecular complexity index is 223. The molecule has 86 valence electrons. The highest BCUT2D eigenvalue weighted by Gasteiger charge is 2.16. The topological polar surface area (TPSA) is 41.6 Å². The Morgan fingerprint density at radius 2 is 2.20 bits per heavy atom. The Balaban J connectivity index is 2.46. The first-order chi connectivity index (χ1) is 7.27. The fraction of sp³-hybridized carbons (Fsp3) is 0.727. The summed E-state index contributed by atoms with van der Waals surface area (Å²) in [6.07, 6.45) is 5.62. The highest BCUT2D eigenvalue weighted by molar-refractivity contribution is 5.81. The van der Waals surface area contributed by atoms with Gasteiger partial charge >= 0.3 is 5.97 Å². The molecule has 4 heteroatoms. The zero-order valence-corrected chi connectivity index (χ0v) is 9.53. The number of ether oxygens (including phenoxy) is 1. The predicted octanol–water partition coefficient (Wildman–Crippen LogP) is 0.747. The largest absolute Gasteiger partial charge is 0.466 e. The lowest BCUT2D eigenvalue weighted by Gasteiger charge is -2.32. The first-order valence-corrected chi connectivity index (χ1v) is 5.50. The van der Waals surface area contributed by atoms with Crippen LogP contribution in [0.3, 0.4) is 0 Å². The van der Waals surface area contributed by atoms with E-state index in [0.717, 1.165) is 32.5 Å². The number of esters is 1. The summed E-state index contributed by atoms with van der Waals surface area (Å²) in [6, 6.07) is 0.553. The molecule has 0 aromatic rings. The van der Waals surface area contributed by atoms with Crippen LogP contribution in [-0.4, -0.2) is 43.7 Å². The van der Waals surface area contributed by atoms with Gasteiger partial charge in [0.25, 0.3) is 0 Å². The number of carbonyl (C=O) groups is 1. The molecule has 1 N–H and O–H groups in total. The van der Waals surface area contributed by atoms with E-state index < -0.39 is 0 Å². The predicted molar refractivity (Wildman–Crippen MR) is 59.4 cm³/mol. The van der Waals surface area contributed by atoms with Crippen molar-refractivity contribution >= 4 is 5.97 Å². The molecular formula is C11H20N2O2. The number of carbonyl (C=O) groups excluding carboxylic acids is 1. The van der Waals surface area contributed by atoms with Crippen molar-refractivity contribution in [3.8, 4) is 0 Å². The van der Waals surface area contributed by atoms with Crippen LogP contribution >= 0.6 is 0 Å². The molecule has 0 atom stereocenters. The van der Waals surface area contributed by atoms with Crippen LogP contribution in [0.25, 0.3) is 0 Å². The molecule has 1 heterocycles. The third-order valence-corrected chi connectivity index (χ3v) is 2.75. The summed E-state index contributed by atoms with van der Waals surface area (Å²) < 4.78 is 4.57. The summed E-state index contributed by atoms with van der Waals surface area (Å²) in [5, 5.41) is 3.33. The molecule has 15 heavy (non-hydrogen) atoms. The molecule has 1 aliphatic rings. The summed E-state index contributed by atoms with van der Waals surface area (Å²) in [5.41, 5.74) is 0. The SMILES string of the molecule is CCN(C=CC(=O)OC)C1CCNCC1. The van der Waals surface area contributed by atoms with Gasteiger partial charge in [0.05, 0.1) is 7.11 Å². The third kappa shape index (κ3) is 3.91. The van der Waals surface area contributed by atoms with Gasteiger partial charge in [-0.15, -0.1) is 0 Å². The van der Waals surface area contributed by atoms with Gasteiger partial charge in [-0.05, 0) is 32.9 Å². The molecule has 4 nitrogen and oxygen atoms in total. The van der Waals surface area contributed by atoms with E-state index in [9.17, 15) is 4.79 Å². The lowest BCUT2D eigenvalue weighted by molar-refractivity contribution is -0.134. The number of nitrogens with zero attached hydrogens (tertiary/aromatic N) is 1. The van der Waals surface area contributed by atoms with Gasteiger partial charge in [-0.3, -0.25) is 0 Å². The maximum atomic E-state index is 11.0. The molecule has 0 radical (unpaired) electrons. The Morgan fingerprint density at radius 3 is 2.73 bits per heavy atom. The Hall–Kier alpha value is -1.03. The maximum Gasteiger partial charge on any atom is 0.331 e. The summed E-state index contributed by atoms with van der Waals surface area (Å²) in [7, 11) is 1.40. The number of methoxy groups -OCH3 is 1. The van der Waals surface area contributed by atoms with Crippen LogP contribution in [0.4, 0.5) is 0 Å². The molecule has 0 bridgehead atoms. The van der Waals surface area contributed by atoms with Crippen LogP contribution in [0.15, 0.2) is 12.3 Å². The number of hydrogen-bond donors (Lipinski definition) is 1. The number of piperidine rings is 1. The van der Waals surface area contributed by atoms with E-state index in [2.05, 4.69) is 21.9 Å². The van der Waals surface area contributed by atoms with Gasteiger partial charge in [-0.1, -0.05) is 0 Å². The monoisotopic (exact) mass is 212 g/mol. The van der Waals surface area contributed by atoms with E-state index in [-0.39, 0.29) is 5.97 Å². The molecule has 0 spiro atoms. The molecule has 1 aliphatic heterocycles. The number of hydrogen-bond acceptors (Lipinski definition) is 4. The molecule has 0 aliphatic carbocycles. The average Bonchev–Trinajstić information content (AvgIpc) is 2.31. The smallest absolute Gasteiger partial charge is 0.331 e. The minimum atomic E-state index is -0.289. The fourth-order valence-corrected chi connectivity index (χ4v) is 1.85. The Kier molecular flexibility index (Phi) is 5.18. The van der Waals surface area contributed by atoms with E-state index in [1.54, 1.807) is 0 Å². The van der Waals surface area contributed by atoms with E-state index in [1.165, 1.54) is 13.2 Å². The van der Waals surface area contributed by atoms with Crippen molar-refractivity contribution < 1.29 is 9.53 Å². The summed E-state index contributed by atoms with van der Waals surface area (Å²) in [4.78, 5) is 13.2. The first-order valence-electron chi connectivity index (χ1n) is 5.50. The second-order valence-electron chi connectivity index (χ2n) is 3.65. The van der Waals surface area contributed by atoms with Gasteiger partial charge in [-0.2, -0.15) is 0 Å². The molecule has 1 fully saturated rings. The standard InChI is InChI=1S/C11H20N2O2/c1-3-13(9-6-11(14)15-2)10-4-7-12-8-5-10/h6,9-10,12H,3-5,7-8H2,1-2H3. The van der Waals surface area contributed by atoms with Crippen LogP contribution < -0.4 is 5.32 Å². The fourth-order valence-electron chi connectivity index (χ4n) is 1.85. The molecule has 0 aromatic carbocycles. The molecule has 0 saturated carbocycles. The van der Waals surface area contributed by atoms with Gasteiger partial charge in [0, 0.05) is 24.9 Å². The van der Waals surface area contributed by atoms with Gasteiger partial charge in [0.15, 0.2) is 0 Å². The summed E-state index contributed by atoms with van der Waals surface area (Å²) in [5.74, 6) is -0.289. The lowest BCUT2D eigenvalue weighted by atomic mass is 10.1. The second-order valence-corrected chi connectivity index (χ2v) is 3.65. The zero-order valence-electron chi connectivity index (χ0n) is 9.53. The molecule has 0 amide bonds. The highest BCUT2D eigenvalue weighted by atomic mass is 16.5. The third-order valence-electron chi connectivity index (χ3n) is 2.75.